The molecule has 2 rings (SSSR count). The van der Waals surface area contributed by atoms with Crippen LogP contribution in [0.1, 0.15) is 11.4 Å². The Bertz CT molecular complexity index is 556. The standard InChI is InChI=1S/C12H14BrN3OS/c1-8-14-15-12(16(8)2)18-7-9-6-10(13)4-5-11(9)17-3/h4-6H,7H2,1-3H3. The molecule has 0 saturated heterocycles. The van der Waals surface area contributed by atoms with Crippen molar-refractivity contribution in [2.24, 2.45) is 7.05 Å². The van der Waals surface area contributed by atoms with Gasteiger partial charge < -0.3 is 9.30 Å². The Kier molecular flexibility index (Phi) is 4.29. The van der Waals surface area contributed by atoms with Gasteiger partial charge in [0.2, 0.25) is 0 Å². The van der Waals surface area contributed by atoms with Gasteiger partial charge in [-0.2, -0.15) is 0 Å². The predicted molar refractivity (Wildman–Crippen MR) is 76.0 cm³/mol. The highest BCUT2D eigenvalue weighted by molar-refractivity contribution is 9.10. The summed E-state index contributed by atoms with van der Waals surface area (Å²) in [6, 6.07) is 6.00. The number of aryl methyl sites for hydroxylation is 1. The average Bonchev–Trinajstić information content (AvgIpc) is 2.68. The summed E-state index contributed by atoms with van der Waals surface area (Å²) in [6.07, 6.45) is 0. The lowest BCUT2D eigenvalue weighted by molar-refractivity contribution is 0.411. The molecule has 0 bridgehead atoms. The molecule has 0 saturated carbocycles. The van der Waals surface area contributed by atoms with E-state index >= 15 is 0 Å². The van der Waals surface area contributed by atoms with Crippen molar-refractivity contribution in [1.82, 2.24) is 14.8 Å². The van der Waals surface area contributed by atoms with Crippen LogP contribution in [0.5, 0.6) is 5.75 Å². The molecule has 6 heteroatoms. The Hall–Kier alpha value is -1.01. The second-order valence-corrected chi connectivity index (χ2v) is 5.69. The van der Waals surface area contributed by atoms with Crippen molar-refractivity contribution in [2.75, 3.05) is 7.11 Å². The highest BCUT2D eigenvalue weighted by Crippen LogP contribution is 2.29. The number of hydrogen-bond donors (Lipinski definition) is 0. The van der Waals surface area contributed by atoms with Gasteiger partial charge in [0.1, 0.15) is 11.6 Å². The topological polar surface area (TPSA) is 39.9 Å². The number of methoxy groups -OCH3 is 1. The number of aromatic nitrogens is 3. The lowest BCUT2D eigenvalue weighted by atomic mass is 10.2. The third kappa shape index (κ3) is 2.87. The third-order valence-corrected chi connectivity index (χ3v) is 4.21. The summed E-state index contributed by atoms with van der Waals surface area (Å²) in [5.74, 6) is 2.61. The van der Waals surface area contributed by atoms with Crippen LogP contribution in [0.2, 0.25) is 0 Å². The zero-order valence-electron chi connectivity index (χ0n) is 10.5. The number of rotatable bonds is 4. The van der Waals surface area contributed by atoms with E-state index < -0.39 is 0 Å². The van der Waals surface area contributed by atoms with Gasteiger partial charge in [0.05, 0.1) is 7.11 Å². The van der Waals surface area contributed by atoms with Crippen LogP contribution < -0.4 is 4.74 Å². The van der Waals surface area contributed by atoms with Crippen LogP contribution in [0.4, 0.5) is 0 Å². The number of nitrogens with zero attached hydrogens (tertiary/aromatic N) is 3. The van der Waals surface area contributed by atoms with Gasteiger partial charge in [-0.3, -0.25) is 0 Å². The van der Waals surface area contributed by atoms with Crippen molar-refractivity contribution in [3.05, 3.63) is 34.1 Å². The summed E-state index contributed by atoms with van der Waals surface area (Å²) >= 11 is 5.12. The number of ether oxygens (including phenoxy) is 1. The second-order valence-electron chi connectivity index (χ2n) is 3.83. The molecule has 0 fully saturated rings. The monoisotopic (exact) mass is 327 g/mol. The SMILES string of the molecule is COc1ccc(Br)cc1CSc1nnc(C)n1C. The van der Waals surface area contributed by atoms with Crippen molar-refractivity contribution >= 4 is 27.7 Å². The fourth-order valence-electron chi connectivity index (χ4n) is 1.52. The zero-order valence-corrected chi connectivity index (χ0v) is 12.9. The first-order valence-electron chi connectivity index (χ1n) is 5.43. The molecule has 0 aliphatic carbocycles. The average molecular weight is 328 g/mol. The minimum absolute atomic E-state index is 0.800. The summed E-state index contributed by atoms with van der Waals surface area (Å²) in [5.41, 5.74) is 1.14. The first-order chi connectivity index (χ1) is 8.61. The van der Waals surface area contributed by atoms with Crippen molar-refractivity contribution < 1.29 is 4.74 Å². The normalized spacial score (nSPS) is 10.7. The molecule has 0 N–H and O–H groups in total. The van der Waals surface area contributed by atoms with Crippen molar-refractivity contribution in [2.45, 2.75) is 17.8 Å². The van der Waals surface area contributed by atoms with Gasteiger partial charge in [0.25, 0.3) is 0 Å². The van der Waals surface area contributed by atoms with E-state index in [9.17, 15) is 0 Å². The number of halogens is 1. The van der Waals surface area contributed by atoms with E-state index in [1.54, 1.807) is 18.9 Å². The Morgan fingerprint density at radius 2 is 2.17 bits per heavy atom. The van der Waals surface area contributed by atoms with Gasteiger partial charge in [0, 0.05) is 22.8 Å². The van der Waals surface area contributed by atoms with Crippen molar-refractivity contribution in [3.63, 3.8) is 0 Å². The highest BCUT2D eigenvalue weighted by atomic mass is 79.9. The fourth-order valence-corrected chi connectivity index (χ4v) is 2.86. The molecule has 0 aliphatic rings. The maximum atomic E-state index is 5.35. The van der Waals surface area contributed by atoms with Crippen LogP contribution >= 0.6 is 27.7 Å². The zero-order chi connectivity index (χ0) is 13.1. The lowest BCUT2D eigenvalue weighted by Crippen LogP contribution is -1.95. The molecule has 0 amide bonds. The third-order valence-electron chi connectivity index (χ3n) is 2.65. The van der Waals surface area contributed by atoms with E-state index in [1.807, 2.05) is 30.7 Å². The fraction of sp³-hybridized carbons (Fsp3) is 0.333. The molecule has 0 spiro atoms. The Morgan fingerprint density at radius 3 is 2.78 bits per heavy atom. The molecule has 2 aromatic rings. The summed E-state index contributed by atoms with van der Waals surface area (Å²) in [7, 11) is 3.65. The maximum Gasteiger partial charge on any atom is 0.191 e. The molecule has 96 valence electrons. The highest BCUT2D eigenvalue weighted by Gasteiger charge is 2.09. The Balaban J connectivity index is 2.15. The van der Waals surface area contributed by atoms with Gasteiger partial charge in [0.15, 0.2) is 5.16 Å². The summed E-state index contributed by atoms with van der Waals surface area (Å²) in [4.78, 5) is 0. The lowest BCUT2D eigenvalue weighted by Gasteiger charge is -2.08. The number of thioether (sulfide) groups is 1. The van der Waals surface area contributed by atoms with Crippen LogP contribution in [0.15, 0.2) is 27.8 Å². The summed E-state index contributed by atoms with van der Waals surface area (Å²) in [6.45, 7) is 1.94. The second kappa shape index (κ2) is 5.75. The summed E-state index contributed by atoms with van der Waals surface area (Å²) < 4.78 is 8.38. The van der Waals surface area contributed by atoms with Crippen molar-refractivity contribution in [3.8, 4) is 5.75 Å². The van der Waals surface area contributed by atoms with Crippen LogP contribution in [0, 0.1) is 6.92 Å². The molecule has 0 aliphatic heterocycles. The molecular formula is C12H14BrN3OS. The minimum atomic E-state index is 0.800. The van der Waals surface area contributed by atoms with Gasteiger partial charge in [-0.25, -0.2) is 0 Å². The molecule has 0 unspecified atom stereocenters. The smallest absolute Gasteiger partial charge is 0.191 e. The molecule has 1 aromatic heterocycles. The molecule has 0 radical (unpaired) electrons. The Labute approximate surface area is 119 Å². The molecule has 4 nitrogen and oxygen atoms in total. The molecule has 1 aromatic carbocycles. The summed E-state index contributed by atoms with van der Waals surface area (Å²) in [5, 5.41) is 9.08. The number of benzene rings is 1. The van der Waals surface area contributed by atoms with E-state index in [4.69, 9.17) is 4.74 Å². The van der Waals surface area contributed by atoms with E-state index in [0.717, 1.165) is 32.5 Å². The Morgan fingerprint density at radius 1 is 1.39 bits per heavy atom. The maximum absolute atomic E-state index is 5.35. The molecule has 18 heavy (non-hydrogen) atoms. The molecule has 1 heterocycles. The number of hydrogen-bond acceptors (Lipinski definition) is 4. The van der Waals surface area contributed by atoms with Gasteiger partial charge in [-0.1, -0.05) is 27.7 Å². The quantitative estimate of drug-likeness (QED) is 0.808. The van der Waals surface area contributed by atoms with Crippen LogP contribution in [-0.4, -0.2) is 21.9 Å². The van der Waals surface area contributed by atoms with E-state index in [1.165, 1.54) is 0 Å². The van der Waals surface area contributed by atoms with Gasteiger partial charge in [-0.05, 0) is 25.1 Å². The first-order valence-corrected chi connectivity index (χ1v) is 7.21. The van der Waals surface area contributed by atoms with Crippen LogP contribution in [-0.2, 0) is 12.8 Å². The van der Waals surface area contributed by atoms with Crippen molar-refractivity contribution in [1.29, 1.82) is 0 Å². The largest absolute Gasteiger partial charge is 0.496 e. The van der Waals surface area contributed by atoms with Crippen LogP contribution in [0.25, 0.3) is 0 Å². The predicted octanol–water partition coefficient (Wildman–Crippen LogP) is 3.19. The van der Waals surface area contributed by atoms with E-state index in [2.05, 4.69) is 32.2 Å². The molecular weight excluding hydrogens is 314 g/mol. The first kappa shape index (κ1) is 13.4. The van der Waals surface area contributed by atoms with Gasteiger partial charge >= 0.3 is 0 Å². The van der Waals surface area contributed by atoms with E-state index in [0.29, 0.717) is 0 Å². The van der Waals surface area contributed by atoms with E-state index in [-0.39, 0.29) is 0 Å². The van der Waals surface area contributed by atoms with Crippen LogP contribution in [0.3, 0.4) is 0 Å². The molecule has 0 atom stereocenters. The minimum Gasteiger partial charge on any atom is -0.496 e. The van der Waals surface area contributed by atoms with Gasteiger partial charge in [-0.15, -0.1) is 10.2 Å².